The number of ether oxygens (including phenoxy) is 1. The summed E-state index contributed by atoms with van der Waals surface area (Å²) >= 11 is 0. The second-order valence-corrected chi connectivity index (χ2v) is 5.70. The third kappa shape index (κ3) is 8.47. The minimum absolute atomic E-state index is 0. The number of aliphatic hydroxyl groups is 1. The first-order valence-corrected chi connectivity index (χ1v) is 8.35. The van der Waals surface area contributed by atoms with Gasteiger partial charge in [-0.15, -0.1) is 12.4 Å². The number of hydrogen-bond acceptors (Lipinski definition) is 5. The van der Waals surface area contributed by atoms with Crippen molar-refractivity contribution in [3.05, 3.63) is 34.4 Å². The Bertz CT molecular complexity index is 466. The van der Waals surface area contributed by atoms with Gasteiger partial charge in [-0.2, -0.15) is 0 Å². The van der Waals surface area contributed by atoms with E-state index in [4.69, 9.17) is 4.74 Å². The molecule has 1 rings (SSSR count). The molecule has 0 spiro atoms. The molecule has 0 bridgehead atoms. The van der Waals surface area contributed by atoms with Gasteiger partial charge < -0.3 is 14.7 Å². The van der Waals surface area contributed by atoms with Crippen molar-refractivity contribution in [2.24, 2.45) is 0 Å². The summed E-state index contributed by atoms with van der Waals surface area (Å²) < 4.78 is 5.45. The summed E-state index contributed by atoms with van der Waals surface area (Å²) in [4.78, 5) is 12.7. The van der Waals surface area contributed by atoms with Crippen molar-refractivity contribution in [1.29, 1.82) is 0 Å². The molecule has 0 heterocycles. The largest absolute Gasteiger partial charge is 0.484 e. The number of aliphatic hydroxyl groups excluding tert-OH is 1. The lowest BCUT2D eigenvalue weighted by Crippen LogP contribution is -2.37. The molecule has 0 saturated carbocycles. The van der Waals surface area contributed by atoms with Crippen LogP contribution in [0.3, 0.4) is 0 Å². The number of halogens is 1. The van der Waals surface area contributed by atoms with E-state index in [1.54, 1.807) is 18.2 Å². The summed E-state index contributed by atoms with van der Waals surface area (Å²) in [5.74, 6) is 0.199. The van der Waals surface area contributed by atoms with Gasteiger partial charge in [-0.25, -0.2) is 0 Å². The van der Waals surface area contributed by atoms with Crippen LogP contribution in [0.1, 0.15) is 39.5 Å². The average Bonchev–Trinajstić information content (AvgIpc) is 2.55. The maximum atomic E-state index is 10.9. The van der Waals surface area contributed by atoms with E-state index < -0.39 is 11.0 Å². The molecule has 0 saturated heterocycles. The number of rotatable bonds is 12. The van der Waals surface area contributed by atoms with Crippen LogP contribution >= 0.6 is 12.4 Å². The lowest BCUT2D eigenvalue weighted by atomic mass is 10.2. The van der Waals surface area contributed by atoms with Gasteiger partial charge in [-0.3, -0.25) is 10.1 Å². The monoisotopic (exact) mass is 360 g/mol. The van der Waals surface area contributed by atoms with E-state index in [-0.39, 0.29) is 30.5 Å². The van der Waals surface area contributed by atoms with Gasteiger partial charge in [0.25, 0.3) is 0 Å². The van der Waals surface area contributed by atoms with Gasteiger partial charge in [0.15, 0.2) is 5.75 Å². The number of unbranched alkanes of at least 4 members (excludes halogenated alkanes) is 2. The van der Waals surface area contributed by atoms with Crippen LogP contribution in [0.2, 0.25) is 0 Å². The second kappa shape index (κ2) is 13.0. The van der Waals surface area contributed by atoms with Crippen LogP contribution in [0, 0.1) is 10.1 Å². The lowest BCUT2D eigenvalue weighted by molar-refractivity contribution is -0.385. The fourth-order valence-electron chi connectivity index (χ4n) is 2.32. The van der Waals surface area contributed by atoms with Crippen molar-refractivity contribution in [2.45, 2.75) is 45.6 Å². The highest BCUT2D eigenvalue weighted by molar-refractivity contribution is 5.85. The maximum Gasteiger partial charge on any atom is 0.310 e. The normalized spacial score (nSPS) is 11.8. The Hall–Kier alpha value is -1.37. The summed E-state index contributed by atoms with van der Waals surface area (Å²) in [5, 5.41) is 21.1. The number of nitrogens with zero attached hydrogens (tertiary/aromatic N) is 2. The van der Waals surface area contributed by atoms with Crippen LogP contribution < -0.4 is 4.74 Å². The Labute approximate surface area is 150 Å². The van der Waals surface area contributed by atoms with Crippen LogP contribution in [0.25, 0.3) is 0 Å². The zero-order valence-electron chi connectivity index (χ0n) is 14.5. The molecule has 1 atom stereocenters. The molecule has 7 heteroatoms. The Kier molecular flexibility index (Phi) is 12.2. The zero-order valence-corrected chi connectivity index (χ0v) is 15.3. The van der Waals surface area contributed by atoms with Gasteiger partial charge in [0.1, 0.15) is 12.7 Å². The molecule has 0 amide bonds. The molecule has 0 aromatic heterocycles. The highest BCUT2D eigenvalue weighted by atomic mass is 35.5. The van der Waals surface area contributed by atoms with Crippen LogP contribution in [0.15, 0.2) is 24.3 Å². The molecule has 1 unspecified atom stereocenters. The average molecular weight is 361 g/mol. The van der Waals surface area contributed by atoms with E-state index in [1.165, 1.54) is 6.07 Å². The molecule has 0 aliphatic rings. The van der Waals surface area contributed by atoms with E-state index in [1.807, 2.05) is 0 Å². The van der Waals surface area contributed by atoms with Crippen molar-refractivity contribution in [2.75, 3.05) is 26.2 Å². The lowest BCUT2D eigenvalue weighted by Gasteiger charge is -2.24. The Morgan fingerprint density at radius 3 is 2.33 bits per heavy atom. The zero-order chi connectivity index (χ0) is 17.1. The van der Waals surface area contributed by atoms with Crippen molar-refractivity contribution in [1.82, 2.24) is 4.90 Å². The van der Waals surface area contributed by atoms with Gasteiger partial charge in [-0.05, 0) is 32.0 Å². The van der Waals surface area contributed by atoms with Gasteiger partial charge in [0, 0.05) is 12.6 Å². The summed E-state index contributed by atoms with van der Waals surface area (Å²) in [6, 6.07) is 6.23. The summed E-state index contributed by atoms with van der Waals surface area (Å²) in [7, 11) is 0. The molecule has 1 aromatic carbocycles. The fourth-order valence-corrected chi connectivity index (χ4v) is 2.32. The van der Waals surface area contributed by atoms with Crippen molar-refractivity contribution >= 4 is 18.1 Å². The summed E-state index contributed by atoms with van der Waals surface area (Å²) in [6.45, 7) is 6.79. The quantitative estimate of drug-likeness (QED) is 0.454. The topological polar surface area (TPSA) is 75.8 Å². The number of nitro groups is 1. The Morgan fingerprint density at radius 1 is 1.21 bits per heavy atom. The predicted octanol–water partition coefficient (Wildman–Crippen LogP) is 3.66. The molecule has 0 radical (unpaired) electrons. The molecule has 1 aromatic rings. The number of benzene rings is 1. The first-order valence-electron chi connectivity index (χ1n) is 8.35. The summed E-state index contributed by atoms with van der Waals surface area (Å²) in [5.41, 5.74) is -0.0754. The smallest absolute Gasteiger partial charge is 0.310 e. The molecule has 0 aliphatic heterocycles. The van der Waals surface area contributed by atoms with Crippen molar-refractivity contribution in [3.8, 4) is 5.75 Å². The molecule has 1 N–H and O–H groups in total. The maximum absolute atomic E-state index is 10.9. The predicted molar refractivity (Wildman–Crippen MR) is 98.1 cm³/mol. The van der Waals surface area contributed by atoms with Gasteiger partial charge >= 0.3 is 5.69 Å². The van der Waals surface area contributed by atoms with E-state index >= 15 is 0 Å². The molecule has 0 fully saturated rings. The highest BCUT2D eigenvalue weighted by Crippen LogP contribution is 2.25. The van der Waals surface area contributed by atoms with Crippen LogP contribution in [-0.4, -0.2) is 47.3 Å². The van der Waals surface area contributed by atoms with Gasteiger partial charge in [0.2, 0.25) is 0 Å². The molecule has 0 aliphatic carbocycles. The fraction of sp³-hybridized carbons (Fsp3) is 0.647. The third-order valence-electron chi connectivity index (χ3n) is 3.62. The Balaban J connectivity index is 0.00000529. The number of hydrogen-bond donors (Lipinski definition) is 1. The van der Waals surface area contributed by atoms with Crippen molar-refractivity contribution < 1.29 is 14.8 Å². The second-order valence-electron chi connectivity index (χ2n) is 5.70. The first kappa shape index (κ1) is 22.6. The first-order chi connectivity index (χ1) is 11.1. The minimum atomic E-state index is -0.663. The highest BCUT2D eigenvalue weighted by Gasteiger charge is 2.16. The molecular formula is C17H29ClN2O4. The van der Waals surface area contributed by atoms with Gasteiger partial charge in [0.05, 0.1) is 4.92 Å². The van der Waals surface area contributed by atoms with Crippen LogP contribution in [0.5, 0.6) is 5.75 Å². The molecule has 138 valence electrons. The SMILES string of the molecule is CCCCN(CCCC)CC(O)COc1ccccc1[N+](=O)[O-].Cl. The molecule has 24 heavy (non-hydrogen) atoms. The third-order valence-corrected chi connectivity index (χ3v) is 3.62. The van der Waals surface area contributed by atoms with Crippen LogP contribution in [-0.2, 0) is 0 Å². The number of para-hydroxylation sites is 2. The molecular weight excluding hydrogens is 332 g/mol. The minimum Gasteiger partial charge on any atom is -0.484 e. The Morgan fingerprint density at radius 2 is 1.79 bits per heavy atom. The number of nitro benzene ring substituents is 1. The van der Waals surface area contributed by atoms with E-state index in [9.17, 15) is 15.2 Å². The van der Waals surface area contributed by atoms with Crippen molar-refractivity contribution in [3.63, 3.8) is 0 Å². The van der Waals surface area contributed by atoms with E-state index in [0.29, 0.717) is 6.54 Å². The summed E-state index contributed by atoms with van der Waals surface area (Å²) in [6.07, 6.45) is 3.77. The van der Waals surface area contributed by atoms with Gasteiger partial charge in [-0.1, -0.05) is 38.8 Å². The molecule has 6 nitrogen and oxygen atoms in total. The van der Waals surface area contributed by atoms with E-state index in [2.05, 4.69) is 18.7 Å². The van der Waals surface area contributed by atoms with Crippen LogP contribution in [0.4, 0.5) is 5.69 Å². The standard InChI is InChI=1S/C17H28N2O4.ClH/c1-3-5-11-18(12-6-4-2)13-15(20)14-23-17-10-8-7-9-16(17)19(21)22;/h7-10,15,20H,3-6,11-14H2,1-2H3;1H. The van der Waals surface area contributed by atoms with E-state index in [0.717, 1.165) is 38.8 Å².